The molecule has 1 aliphatic rings. The molecule has 0 aliphatic carbocycles. The molecule has 2 aromatic rings. The Balaban J connectivity index is 1.65. The summed E-state index contributed by atoms with van der Waals surface area (Å²) in [5.74, 6) is 2.12. The Hall–Kier alpha value is -2.28. The molecule has 0 aromatic heterocycles. The van der Waals surface area contributed by atoms with Gasteiger partial charge in [0.05, 0.1) is 20.3 Å². The quantitative estimate of drug-likeness (QED) is 0.625. The van der Waals surface area contributed by atoms with E-state index in [0.29, 0.717) is 36.9 Å². The van der Waals surface area contributed by atoms with E-state index >= 15 is 0 Å². The zero-order valence-electron chi connectivity index (χ0n) is 15.9. The molecule has 0 spiro atoms. The average molecular weight is 372 g/mol. The molecule has 3 N–H and O–H groups in total. The van der Waals surface area contributed by atoms with Crippen molar-refractivity contribution < 1.29 is 19.3 Å². The van der Waals surface area contributed by atoms with Gasteiger partial charge in [-0.3, -0.25) is 0 Å². The maximum Gasteiger partial charge on any atom is 0.203 e. The van der Waals surface area contributed by atoms with Gasteiger partial charge >= 0.3 is 0 Å². The number of methoxy groups -OCH3 is 2. The molecular weight excluding hydrogens is 344 g/mol. The molecule has 0 bridgehead atoms. The third-order valence-electron chi connectivity index (χ3n) is 4.79. The Bertz CT molecular complexity index is 698. The lowest BCUT2D eigenvalue weighted by Gasteiger charge is -2.17. The second kappa shape index (κ2) is 9.60. The van der Waals surface area contributed by atoms with Crippen LogP contribution in [0, 0.1) is 5.92 Å². The minimum atomic E-state index is -0.282. The number of rotatable bonds is 9. The van der Waals surface area contributed by atoms with Gasteiger partial charge in [-0.05, 0) is 23.3 Å². The summed E-state index contributed by atoms with van der Waals surface area (Å²) >= 11 is 0. The number of ether oxygens (including phenoxy) is 3. The van der Waals surface area contributed by atoms with Crippen LogP contribution in [0.25, 0.3) is 0 Å². The van der Waals surface area contributed by atoms with Crippen LogP contribution in [0.3, 0.4) is 0 Å². The van der Waals surface area contributed by atoms with Crippen LogP contribution < -0.4 is 24.8 Å². The van der Waals surface area contributed by atoms with Crippen molar-refractivity contribution in [1.82, 2.24) is 10.6 Å². The van der Waals surface area contributed by atoms with E-state index in [0.717, 1.165) is 24.2 Å². The molecule has 1 aliphatic heterocycles. The SMILES string of the molecule is COc1cc(CNCC2CNCC2O)cc(OC)c1OCc1ccccc1. The first kappa shape index (κ1) is 19.5. The highest BCUT2D eigenvalue weighted by Crippen LogP contribution is 2.39. The zero-order valence-corrected chi connectivity index (χ0v) is 15.9. The molecule has 1 heterocycles. The highest BCUT2D eigenvalue weighted by Gasteiger charge is 2.24. The van der Waals surface area contributed by atoms with Gasteiger partial charge in [0, 0.05) is 32.1 Å². The first-order valence-electron chi connectivity index (χ1n) is 9.22. The van der Waals surface area contributed by atoms with Crippen LogP contribution in [-0.2, 0) is 13.2 Å². The Labute approximate surface area is 160 Å². The second-order valence-electron chi connectivity index (χ2n) is 6.72. The van der Waals surface area contributed by atoms with Gasteiger partial charge < -0.3 is 30.0 Å². The van der Waals surface area contributed by atoms with Gasteiger partial charge in [-0.1, -0.05) is 30.3 Å². The summed E-state index contributed by atoms with van der Waals surface area (Å²) in [6.45, 7) is 3.37. The molecule has 0 radical (unpaired) electrons. The molecule has 6 heteroatoms. The second-order valence-corrected chi connectivity index (χ2v) is 6.72. The van der Waals surface area contributed by atoms with Gasteiger partial charge in [0.1, 0.15) is 6.61 Å². The standard InChI is InChI=1S/C21H28N2O4/c1-25-19-8-16(10-22-11-17-12-23-13-18(17)24)9-20(26-2)21(19)27-14-15-6-4-3-5-7-15/h3-9,17-18,22-24H,10-14H2,1-2H3. The summed E-state index contributed by atoms with van der Waals surface area (Å²) in [4.78, 5) is 0. The van der Waals surface area contributed by atoms with E-state index < -0.39 is 0 Å². The Morgan fingerprint density at radius 2 is 1.74 bits per heavy atom. The fourth-order valence-electron chi connectivity index (χ4n) is 3.24. The topological polar surface area (TPSA) is 72.0 Å². The van der Waals surface area contributed by atoms with Crippen LogP contribution in [0.4, 0.5) is 0 Å². The van der Waals surface area contributed by atoms with Gasteiger partial charge in [-0.15, -0.1) is 0 Å². The Morgan fingerprint density at radius 1 is 1.04 bits per heavy atom. The van der Waals surface area contributed by atoms with E-state index in [1.807, 2.05) is 42.5 Å². The minimum Gasteiger partial charge on any atom is -0.493 e. The number of hydrogen-bond acceptors (Lipinski definition) is 6. The smallest absolute Gasteiger partial charge is 0.203 e. The van der Waals surface area contributed by atoms with Gasteiger partial charge in [0.25, 0.3) is 0 Å². The average Bonchev–Trinajstić information content (AvgIpc) is 3.11. The summed E-state index contributed by atoms with van der Waals surface area (Å²) < 4.78 is 17.0. The monoisotopic (exact) mass is 372 g/mol. The van der Waals surface area contributed by atoms with Crippen LogP contribution in [0.1, 0.15) is 11.1 Å². The molecule has 6 nitrogen and oxygen atoms in total. The van der Waals surface area contributed by atoms with E-state index in [9.17, 15) is 5.11 Å². The minimum absolute atomic E-state index is 0.238. The van der Waals surface area contributed by atoms with Crippen LogP contribution in [0.5, 0.6) is 17.2 Å². The van der Waals surface area contributed by atoms with E-state index in [1.165, 1.54) is 0 Å². The van der Waals surface area contributed by atoms with Crippen molar-refractivity contribution in [2.75, 3.05) is 33.9 Å². The molecule has 0 amide bonds. The van der Waals surface area contributed by atoms with Crippen molar-refractivity contribution in [2.45, 2.75) is 19.3 Å². The first-order chi connectivity index (χ1) is 13.2. The lowest BCUT2D eigenvalue weighted by atomic mass is 10.1. The summed E-state index contributed by atoms with van der Waals surface area (Å²) in [6.07, 6.45) is -0.282. The third kappa shape index (κ3) is 5.13. The van der Waals surface area contributed by atoms with E-state index in [-0.39, 0.29) is 12.0 Å². The molecule has 1 fully saturated rings. The van der Waals surface area contributed by atoms with Crippen molar-refractivity contribution in [3.8, 4) is 17.2 Å². The predicted octanol–water partition coefficient (Wildman–Crippen LogP) is 1.95. The predicted molar refractivity (Wildman–Crippen MR) is 104 cm³/mol. The zero-order chi connectivity index (χ0) is 19.1. The number of hydrogen-bond donors (Lipinski definition) is 3. The van der Waals surface area contributed by atoms with E-state index in [1.54, 1.807) is 14.2 Å². The number of aliphatic hydroxyl groups excluding tert-OH is 1. The number of nitrogens with one attached hydrogen (secondary N) is 2. The van der Waals surface area contributed by atoms with Crippen molar-refractivity contribution in [2.24, 2.45) is 5.92 Å². The van der Waals surface area contributed by atoms with Gasteiger partial charge in [0.15, 0.2) is 11.5 Å². The molecule has 2 unspecified atom stereocenters. The number of aliphatic hydroxyl groups is 1. The third-order valence-corrected chi connectivity index (χ3v) is 4.79. The summed E-state index contributed by atoms with van der Waals surface area (Å²) in [7, 11) is 3.25. The normalized spacial score (nSPS) is 19.1. The first-order valence-corrected chi connectivity index (χ1v) is 9.22. The van der Waals surface area contributed by atoms with Crippen LogP contribution in [0.2, 0.25) is 0 Å². The molecule has 1 saturated heterocycles. The molecule has 3 rings (SSSR count). The summed E-state index contributed by atoms with van der Waals surface area (Å²) in [5, 5.41) is 16.5. The maximum absolute atomic E-state index is 9.88. The molecule has 2 aromatic carbocycles. The van der Waals surface area contributed by atoms with Gasteiger partial charge in [-0.2, -0.15) is 0 Å². The highest BCUT2D eigenvalue weighted by molar-refractivity contribution is 5.54. The summed E-state index contributed by atoms with van der Waals surface area (Å²) in [5.41, 5.74) is 2.12. The van der Waals surface area contributed by atoms with Crippen molar-refractivity contribution in [3.05, 3.63) is 53.6 Å². The van der Waals surface area contributed by atoms with Gasteiger partial charge in [-0.25, -0.2) is 0 Å². The maximum atomic E-state index is 9.88. The van der Waals surface area contributed by atoms with Crippen LogP contribution in [0.15, 0.2) is 42.5 Å². The van der Waals surface area contributed by atoms with Crippen molar-refractivity contribution in [3.63, 3.8) is 0 Å². The largest absolute Gasteiger partial charge is 0.493 e. The lowest BCUT2D eigenvalue weighted by molar-refractivity contribution is 0.146. The van der Waals surface area contributed by atoms with E-state index in [4.69, 9.17) is 14.2 Å². The fraction of sp³-hybridized carbons (Fsp3) is 0.429. The molecular formula is C21H28N2O4. The van der Waals surface area contributed by atoms with Gasteiger partial charge in [0.2, 0.25) is 5.75 Å². The van der Waals surface area contributed by atoms with Crippen molar-refractivity contribution >= 4 is 0 Å². The highest BCUT2D eigenvalue weighted by atomic mass is 16.5. The molecule has 0 saturated carbocycles. The van der Waals surface area contributed by atoms with Crippen LogP contribution in [-0.4, -0.2) is 45.1 Å². The lowest BCUT2D eigenvalue weighted by Crippen LogP contribution is -2.30. The number of benzene rings is 2. The Kier molecular flexibility index (Phi) is 6.92. The summed E-state index contributed by atoms with van der Waals surface area (Å²) in [6, 6.07) is 13.9. The fourth-order valence-corrected chi connectivity index (χ4v) is 3.24. The molecule has 27 heavy (non-hydrogen) atoms. The molecule has 2 atom stereocenters. The van der Waals surface area contributed by atoms with E-state index in [2.05, 4.69) is 10.6 Å². The number of β-amino-alcohol motifs (C(OH)–C–C–N with tert-alkyl or cyclic N) is 1. The Morgan fingerprint density at radius 3 is 2.33 bits per heavy atom. The van der Waals surface area contributed by atoms with Crippen LogP contribution >= 0.6 is 0 Å². The molecule has 146 valence electrons. The van der Waals surface area contributed by atoms with Crippen molar-refractivity contribution in [1.29, 1.82) is 0 Å².